The van der Waals surface area contributed by atoms with E-state index in [1.165, 1.54) is 0 Å². The van der Waals surface area contributed by atoms with E-state index in [1.54, 1.807) is 55.1 Å². The van der Waals surface area contributed by atoms with E-state index in [4.69, 9.17) is 16.3 Å². The second-order valence-corrected chi connectivity index (χ2v) is 7.72. The van der Waals surface area contributed by atoms with Gasteiger partial charge in [-0.25, -0.2) is 4.79 Å². The molecule has 1 saturated heterocycles. The first-order valence-corrected chi connectivity index (χ1v) is 9.81. The minimum absolute atomic E-state index is 0.109. The molecule has 0 aliphatic carbocycles. The quantitative estimate of drug-likeness (QED) is 0.744. The lowest BCUT2D eigenvalue weighted by Crippen LogP contribution is -2.28. The Balaban J connectivity index is 1.65. The summed E-state index contributed by atoms with van der Waals surface area (Å²) < 4.78 is 5.14. The maximum Gasteiger partial charge on any atom is 0.338 e. The maximum atomic E-state index is 12.6. The number of carbonyl (C=O) groups is 3. The summed E-state index contributed by atoms with van der Waals surface area (Å²) >= 11 is 6.16. The van der Waals surface area contributed by atoms with Crippen molar-refractivity contribution in [2.75, 3.05) is 16.8 Å². The largest absolute Gasteiger partial charge is 0.459 e. The van der Waals surface area contributed by atoms with Gasteiger partial charge >= 0.3 is 5.97 Å². The molecule has 152 valence electrons. The zero-order chi connectivity index (χ0) is 21.1. The number of hydrogen-bond donors (Lipinski definition) is 1. The summed E-state index contributed by atoms with van der Waals surface area (Å²) in [7, 11) is 0. The summed E-state index contributed by atoms with van der Waals surface area (Å²) in [6, 6.07) is 11.9. The molecule has 1 N–H and O–H groups in total. The van der Waals surface area contributed by atoms with Crippen molar-refractivity contribution in [3.05, 3.63) is 58.6 Å². The van der Waals surface area contributed by atoms with E-state index in [0.717, 1.165) is 11.3 Å². The number of rotatable bonds is 5. The summed E-state index contributed by atoms with van der Waals surface area (Å²) in [5.74, 6) is -1.22. The Hall–Kier alpha value is -2.86. The molecule has 0 aromatic heterocycles. The zero-order valence-corrected chi connectivity index (χ0v) is 17.3. The highest BCUT2D eigenvalue weighted by molar-refractivity contribution is 6.31. The van der Waals surface area contributed by atoms with Crippen LogP contribution in [0.5, 0.6) is 0 Å². The van der Waals surface area contributed by atoms with Gasteiger partial charge in [0, 0.05) is 29.4 Å². The van der Waals surface area contributed by atoms with Crippen LogP contribution in [0.3, 0.4) is 0 Å². The molecule has 0 saturated carbocycles. The van der Waals surface area contributed by atoms with Gasteiger partial charge in [0.1, 0.15) is 0 Å². The molecule has 7 heteroatoms. The Labute approximate surface area is 174 Å². The molecule has 2 aromatic carbocycles. The van der Waals surface area contributed by atoms with E-state index in [1.807, 2.05) is 13.0 Å². The third kappa shape index (κ3) is 4.77. The highest BCUT2D eigenvalue weighted by Crippen LogP contribution is 2.31. The van der Waals surface area contributed by atoms with Crippen LogP contribution >= 0.6 is 11.6 Å². The molecule has 0 spiro atoms. The second kappa shape index (κ2) is 8.66. The Morgan fingerprint density at radius 1 is 1.17 bits per heavy atom. The summed E-state index contributed by atoms with van der Waals surface area (Å²) in [5, 5.41) is 3.40. The first-order valence-electron chi connectivity index (χ1n) is 9.43. The topological polar surface area (TPSA) is 75.7 Å². The minimum atomic E-state index is -0.466. The molecule has 1 heterocycles. The molecule has 0 radical (unpaired) electrons. The fourth-order valence-corrected chi connectivity index (χ4v) is 3.39. The molecule has 3 rings (SSSR count). The number of benzene rings is 2. The normalized spacial score (nSPS) is 16.2. The van der Waals surface area contributed by atoms with Crippen LogP contribution < -0.4 is 10.2 Å². The SMILES string of the molecule is Cc1c(Cl)cccc1N1C[C@H](C(=O)Nc2ccc(C(=O)OC(C)C)cc2)CC1=O. The van der Waals surface area contributed by atoms with Gasteiger partial charge in [-0.3, -0.25) is 9.59 Å². The van der Waals surface area contributed by atoms with Gasteiger partial charge in [-0.15, -0.1) is 0 Å². The highest BCUT2D eigenvalue weighted by Gasteiger charge is 2.35. The predicted molar refractivity (Wildman–Crippen MR) is 112 cm³/mol. The van der Waals surface area contributed by atoms with Crippen molar-refractivity contribution in [2.24, 2.45) is 5.92 Å². The van der Waals surface area contributed by atoms with Crippen molar-refractivity contribution in [1.29, 1.82) is 0 Å². The van der Waals surface area contributed by atoms with Gasteiger partial charge in [-0.05, 0) is 62.7 Å². The van der Waals surface area contributed by atoms with Crippen molar-refractivity contribution in [3.63, 3.8) is 0 Å². The summed E-state index contributed by atoms with van der Waals surface area (Å²) in [6.45, 7) is 5.71. The van der Waals surface area contributed by atoms with Crippen molar-refractivity contribution in [2.45, 2.75) is 33.3 Å². The first kappa shape index (κ1) is 20.9. The highest BCUT2D eigenvalue weighted by atomic mass is 35.5. The maximum absolute atomic E-state index is 12.6. The average molecular weight is 415 g/mol. The third-order valence-corrected chi connectivity index (χ3v) is 5.17. The van der Waals surface area contributed by atoms with Gasteiger partial charge in [0.15, 0.2) is 0 Å². The molecule has 29 heavy (non-hydrogen) atoms. The van der Waals surface area contributed by atoms with E-state index in [-0.39, 0.29) is 24.3 Å². The van der Waals surface area contributed by atoms with E-state index in [0.29, 0.717) is 22.8 Å². The monoisotopic (exact) mass is 414 g/mol. The molecular formula is C22H23ClN2O4. The van der Waals surface area contributed by atoms with Crippen LogP contribution in [0.2, 0.25) is 5.02 Å². The van der Waals surface area contributed by atoms with Gasteiger partial charge in [-0.2, -0.15) is 0 Å². The van der Waals surface area contributed by atoms with E-state index in [2.05, 4.69) is 5.32 Å². The average Bonchev–Trinajstić information content (AvgIpc) is 3.05. The number of nitrogens with zero attached hydrogens (tertiary/aromatic N) is 1. The molecule has 0 unspecified atom stereocenters. The number of carbonyl (C=O) groups excluding carboxylic acids is 3. The lowest BCUT2D eigenvalue weighted by molar-refractivity contribution is -0.122. The van der Waals surface area contributed by atoms with Crippen LogP contribution in [-0.4, -0.2) is 30.4 Å². The second-order valence-electron chi connectivity index (χ2n) is 7.31. The molecule has 0 bridgehead atoms. The van der Waals surface area contributed by atoms with Gasteiger partial charge in [0.2, 0.25) is 11.8 Å². The number of halogens is 1. The Bertz CT molecular complexity index is 940. The van der Waals surface area contributed by atoms with Crippen molar-refractivity contribution < 1.29 is 19.1 Å². The summed E-state index contributed by atoms with van der Waals surface area (Å²) in [5.41, 5.74) is 2.51. The lowest BCUT2D eigenvalue weighted by Gasteiger charge is -2.19. The standard InChI is InChI=1S/C22H23ClN2O4/c1-13(2)29-22(28)15-7-9-17(10-8-15)24-21(27)16-11-20(26)25(12-16)19-6-4-5-18(23)14(19)3/h4-10,13,16H,11-12H2,1-3H3,(H,24,27)/t16-/m1/s1. The number of amides is 2. The van der Waals surface area contributed by atoms with Crippen LogP contribution in [0.25, 0.3) is 0 Å². The predicted octanol–water partition coefficient (Wildman–Crippen LogP) is 4.21. The van der Waals surface area contributed by atoms with Crippen molar-refractivity contribution in [1.82, 2.24) is 0 Å². The Morgan fingerprint density at radius 2 is 1.86 bits per heavy atom. The van der Waals surface area contributed by atoms with E-state index >= 15 is 0 Å². The fraction of sp³-hybridized carbons (Fsp3) is 0.318. The number of anilines is 2. The smallest absolute Gasteiger partial charge is 0.338 e. The molecule has 6 nitrogen and oxygen atoms in total. The Kier molecular flexibility index (Phi) is 6.23. The first-order chi connectivity index (χ1) is 13.8. The van der Waals surface area contributed by atoms with Crippen LogP contribution in [0.15, 0.2) is 42.5 Å². The van der Waals surface area contributed by atoms with Crippen LogP contribution in [0.1, 0.15) is 36.2 Å². The van der Waals surface area contributed by atoms with Gasteiger partial charge in [0.05, 0.1) is 17.6 Å². The fourth-order valence-electron chi connectivity index (χ4n) is 3.22. The van der Waals surface area contributed by atoms with Gasteiger partial charge in [-0.1, -0.05) is 17.7 Å². The van der Waals surface area contributed by atoms with Crippen molar-refractivity contribution in [3.8, 4) is 0 Å². The molecular weight excluding hydrogens is 392 g/mol. The number of nitrogens with one attached hydrogen (secondary N) is 1. The summed E-state index contributed by atoms with van der Waals surface area (Å²) in [6.07, 6.45) is -0.0656. The van der Waals surface area contributed by atoms with E-state index in [9.17, 15) is 14.4 Å². The molecule has 1 aliphatic rings. The number of hydrogen-bond acceptors (Lipinski definition) is 4. The third-order valence-electron chi connectivity index (χ3n) is 4.76. The molecule has 2 aromatic rings. The van der Waals surface area contributed by atoms with Gasteiger partial charge in [0.25, 0.3) is 0 Å². The van der Waals surface area contributed by atoms with Crippen molar-refractivity contribution >= 4 is 40.8 Å². The lowest BCUT2D eigenvalue weighted by atomic mass is 10.1. The summed E-state index contributed by atoms with van der Waals surface area (Å²) in [4.78, 5) is 38.6. The van der Waals surface area contributed by atoms with Crippen LogP contribution in [-0.2, 0) is 14.3 Å². The van der Waals surface area contributed by atoms with E-state index < -0.39 is 11.9 Å². The Morgan fingerprint density at radius 3 is 2.52 bits per heavy atom. The van der Waals surface area contributed by atoms with Crippen LogP contribution in [0, 0.1) is 12.8 Å². The molecule has 1 atom stereocenters. The molecule has 1 aliphatic heterocycles. The van der Waals surface area contributed by atoms with Crippen LogP contribution in [0.4, 0.5) is 11.4 Å². The minimum Gasteiger partial charge on any atom is -0.459 e. The molecule has 1 fully saturated rings. The molecule has 2 amide bonds. The van der Waals surface area contributed by atoms with Gasteiger partial charge < -0.3 is 15.0 Å². The zero-order valence-electron chi connectivity index (χ0n) is 16.6. The number of esters is 1. The number of ether oxygens (including phenoxy) is 1.